The molecular weight excluding hydrogens is 389 g/mol. The summed E-state index contributed by atoms with van der Waals surface area (Å²) in [6, 6.07) is 14.7. The summed E-state index contributed by atoms with van der Waals surface area (Å²) in [7, 11) is 0. The van der Waals surface area contributed by atoms with Gasteiger partial charge in [-0.05, 0) is 19.4 Å². The van der Waals surface area contributed by atoms with Gasteiger partial charge in [0.1, 0.15) is 5.92 Å². The lowest BCUT2D eigenvalue weighted by Gasteiger charge is -2.26. The Hall–Kier alpha value is -3.35. The van der Waals surface area contributed by atoms with Gasteiger partial charge in [0.25, 0.3) is 5.67 Å². The first-order valence-electron chi connectivity index (χ1n) is 9.64. The maximum atomic E-state index is 16.2. The fourth-order valence-electron chi connectivity index (χ4n) is 3.47. The third-order valence-corrected chi connectivity index (χ3v) is 5.12. The van der Waals surface area contributed by atoms with Crippen molar-refractivity contribution in [3.8, 4) is 0 Å². The van der Waals surface area contributed by atoms with Crippen LogP contribution >= 0.6 is 0 Å². The van der Waals surface area contributed by atoms with Crippen molar-refractivity contribution in [1.29, 1.82) is 0 Å². The highest BCUT2D eigenvalue weighted by Crippen LogP contribution is 2.37. The molecule has 0 N–H and O–H groups in total. The van der Waals surface area contributed by atoms with Gasteiger partial charge in [0.2, 0.25) is 17.6 Å². The Morgan fingerprint density at radius 3 is 2.33 bits per heavy atom. The van der Waals surface area contributed by atoms with Crippen molar-refractivity contribution in [3.05, 3.63) is 71.3 Å². The first kappa shape index (κ1) is 21.4. The fourth-order valence-corrected chi connectivity index (χ4v) is 3.47. The van der Waals surface area contributed by atoms with Crippen LogP contribution in [0.25, 0.3) is 0 Å². The predicted molar refractivity (Wildman–Crippen MR) is 106 cm³/mol. The molecule has 0 radical (unpaired) electrons. The number of benzene rings is 2. The lowest BCUT2D eigenvalue weighted by atomic mass is 9.81. The van der Waals surface area contributed by atoms with Gasteiger partial charge in [0.05, 0.1) is 13.2 Å². The quantitative estimate of drug-likeness (QED) is 0.303. The number of Topliss-reactive ketones (excluding diaryl/α,β-unsaturated/α-hetero) is 1. The summed E-state index contributed by atoms with van der Waals surface area (Å²) in [5.74, 6) is -5.96. The molecule has 1 saturated heterocycles. The van der Waals surface area contributed by atoms with E-state index in [0.29, 0.717) is 5.56 Å². The topological polar surface area (TPSA) is 80.8 Å². The van der Waals surface area contributed by atoms with Crippen LogP contribution in [-0.4, -0.2) is 40.7 Å². The van der Waals surface area contributed by atoms with E-state index in [0.717, 1.165) is 10.5 Å². The summed E-state index contributed by atoms with van der Waals surface area (Å²) in [5, 5.41) is 0. The van der Waals surface area contributed by atoms with Gasteiger partial charge in [-0.25, -0.2) is 9.18 Å². The largest absolute Gasteiger partial charge is 0.463 e. The average Bonchev–Trinajstić information content (AvgIpc) is 3.02. The van der Waals surface area contributed by atoms with Gasteiger partial charge < -0.3 is 4.74 Å². The number of aryl methyl sites for hydroxylation is 1. The van der Waals surface area contributed by atoms with E-state index >= 15 is 4.39 Å². The van der Waals surface area contributed by atoms with Crippen LogP contribution in [0.3, 0.4) is 0 Å². The summed E-state index contributed by atoms with van der Waals surface area (Å²) in [6.45, 7) is 3.03. The number of carbonyl (C=O) groups is 4. The van der Waals surface area contributed by atoms with Crippen LogP contribution in [0.4, 0.5) is 4.39 Å². The molecule has 2 atom stereocenters. The maximum Gasteiger partial charge on any atom is 0.353 e. The molecule has 6 nitrogen and oxygen atoms in total. The molecule has 0 spiro atoms. The third kappa shape index (κ3) is 3.87. The van der Waals surface area contributed by atoms with Gasteiger partial charge in [-0.3, -0.25) is 19.3 Å². The Kier molecular flexibility index (Phi) is 6.10. The number of likely N-dealkylation sites (tertiary alicyclic amines) is 1. The Morgan fingerprint density at radius 1 is 1.10 bits per heavy atom. The van der Waals surface area contributed by atoms with Gasteiger partial charge in [-0.1, -0.05) is 60.2 Å². The van der Waals surface area contributed by atoms with E-state index in [4.69, 9.17) is 4.74 Å². The molecule has 0 aliphatic carbocycles. The van der Waals surface area contributed by atoms with E-state index in [9.17, 15) is 19.2 Å². The smallest absolute Gasteiger partial charge is 0.353 e. The second-order valence-corrected chi connectivity index (χ2v) is 7.19. The number of ether oxygens (including phenoxy) is 1. The van der Waals surface area contributed by atoms with Crippen LogP contribution in [0.15, 0.2) is 54.6 Å². The van der Waals surface area contributed by atoms with Crippen LogP contribution in [0.2, 0.25) is 0 Å². The van der Waals surface area contributed by atoms with Crippen LogP contribution in [0.1, 0.15) is 34.8 Å². The van der Waals surface area contributed by atoms with Crippen molar-refractivity contribution in [2.45, 2.75) is 32.5 Å². The number of halogens is 1. The number of amides is 2. The van der Waals surface area contributed by atoms with Crippen molar-refractivity contribution < 1.29 is 28.3 Å². The number of hydrogen-bond donors (Lipinski definition) is 0. The van der Waals surface area contributed by atoms with E-state index in [2.05, 4.69) is 0 Å². The molecule has 7 heteroatoms. The summed E-state index contributed by atoms with van der Waals surface area (Å²) in [4.78, 5) is 52.0. The van der Waals surface area contributed by atoms with Gasteiger partial charge >= 0.3 is 5.97 Å². The first-order chi connectivity index (χ1) is 14.3. The molecule has 0 unspecified atom stereocenters. The molecule has 1 aliphatic rings. The summed E-state index contributed by atoms with van der Waals surface area (Å²) >= 11 is 0. The van der Waals surface area contributed by atoms with Gasteiger partial charge in [-0.2, -0.15) is 0 Å². The third-order valence-electron chi connectivity index (χ3n) is 5.12. The van der Waals surface area contributed by atoms with Crippen molar-refractivity contribution >= 4 is 23.6 Å². The second kappa shape index (κ2) is 8.57. The summed E-state index contributed by atoms with van der Waals surface area (Å²) in [5.41, 5.74) is -1.85. The molecular formula is C23H22FNO5. The normalized spacial score (nSPS) is 18.2. The molecule has 0 saturated carbocycles. The molecule has 156 valence electrons. The molecule has 2 aromatic rings. The Labute approximate surface area is 173 Å². The number of ketones is 1. The zero-order valence-corrected chi connectivity index (χ0v) is 16.8. The van der Waals surface area contributed by atoms with E-state index in [1.165, 1.54) is 19.1 Å². The van der Waals surface area contributed by atoms with Gasteiger partial charge in [0.15, 0.2) is 0 Å². The van der Waals surface area contributed by atoms with Crippen molar-refractivity contribution in [1.82, 2.24) is 4.90 Å². The highest BCUT2D eigenvalue weighted by atomic mass is 19.1. The minimum Gasteiger partial charge on any atom is -0.463 e. The van der Waals surface area contributed by atoms with Crippen molar-refractivity contribution in [2.75, 3.05) is 6.61 Å². The Morgan fingerprint density at radius 2 is 1.73 bits per heavy atom. The van der Waals surface area contributed by atoms with Gasteiger partial charge in [0, 0.05) is 12.0 Å². The minimum atomic E-state index is -3.29. The molecule has 1 fully saturated rings. The number of hydrogen-bond acceptors (Lipinski definition) is 5. The Balaban J connectivity index is 1.96. The summed E-state index contributed by atoms with van der Waals surface area (Å²) in [6.07, 6.45) is -0.585. The molecule has 3 rings (SSSR count). The first-order valence-corrected chi connectivity index (χ1v) is 9.64. The maximum absolute atomic E-state index is 16.2. The van der Waals surface area contributed by atoms with Crippen LogP contribution in [-0.2, 0) is 25.7 Å². The van der Waals surface area contributed by atoms with Crippen LogP contribution < -0.4 is 0 Å². The van der Waals surface area contributed by atoms with E-state index < -0.39 is 41.6 Å². The molecule has 2 amide bonds. The number of rotatable bonds is 7. The number of carbonyl (C=O) groups excluding carboxylic acids is 4. The number of nitrogens with zero attached hydrogens (tertiary/aromatic N) is 1. The zero-order valence-electron chi connectivity index (χ0n) is 16.8. The van der Waals surface area contributed by atoms with Crippen LogP contribution in [0, 0.1) is 12.8 Å². The van der Waals surface area contributed by atoms with E-state index in [-0.39, 0.29) is 18.7 Å². The zero-order chi connectivity index (χ0) is 21.9. The minimum absolute atomic E-state index is 0.0629. The van der Waals surface area contributed by atoms with Crippen molar-refractivity contribution in [3.63, 3.8) is 0 Å². The molecule has 2 aromatic carbocycles. The fraction of sp³-hybridized carbons (Fsp3) is 0.304. The predicted octanol–water partition coefficient (Wildman–Crippen LogP) is 3.02. The van der Waals surface area contributed by atoms with Crippen LogP contribution in [0.5, 0.6) is 0 Å². The molecule has 1 aliphatic heterocycles. The van der Waals surface area contributed by atoms with Gasteiger partial charge in [-0.15, -0.1) is 0 Å². The lowest BCUT2D eigenvalue weighted by molar-refractivity contribution is -0.160. The molecule has 0 bridgehead atoms. The average molecular weight is 411 g/mol. The standard InChI is InChI=1S/C23H22FNO5/c1-3-30-22(29)23(24,20(27)17-11-9-15(2)10-12-17)18-13-19(26)25(21(18)28)14-16-7-5-4-6-8-16/h4-12,18H,3,13-14H2,1-2H3/t18-,23-/m1/s1. The lowest BCUT2D eigenvalue weighted by Crippen LogP contribution is -2.52. The highest BCUT2D eigenvalue weighted by Gasteiger charge is 2.62. The number of esters is 1. The van der Waals surface area contributed by atoms with Crippen molar-refractivity contribution in [2.24, 2.45) is 5.92 Å². The molecule has 0 aromatic heterocycles. The summed E-state index contributed by atoms with van der Waals surface area (Å²) < 4.78 is 21.0. The SMILES string of the molecule is CCOC(=O)[C@](F)(C(=O)c1ccc(C)cc1)[C@@H]1CC(=O)N(Cc2ccccc2)C1=O. The second-order valence-electron chi connectivity index (χ2n) is 7.19. The number of alkyl halides is 1. The number of imide groups is 1. The highest BCUT2D eigenvalue weighted by molar-refractivity contribution is 6.20. The Bertz CT molecular complexity index is 973. The van der Waals surface area contributed by atoms with E-state index in [1.54, 1.807) is 49.4 Å². The monoisotopic (exact) mass is 411 g/mol. The van der Waals surface area contributed by atoms with E-state index in [1.807, 2.05) is 0 Å². The molecule has 1 heterocycles. The molecule has 30 heavy (non-hydrogen) atoms.